The lowest BCUT2D eigenvalue weighted by Gasteiger charge is -2.25. The number of ether oxygens (including phenoxy) is 4. The van der Waals surface area contributed by atoms with Crippen LogP contribution in [0, 0.1) is 0 Å². The molecule has 3 fully saturated rings. The summed E-state index contributed by atoms with van der Waals surface area (Å²) in [5.41, 5.74) is 0. The number of fused-ring (bicyclic) bond motifs is 3. The zero-order valence-corrected chi connectivity index (χ0v) is 10.6. The van der Waals surface area contributed by atoms with Crippen molar-refractivity contribution in [2.75, 3.05) is 0 Å². The maximum absolute atomic E-state index is 11.7. The summed E-state index contributed by atoms with van der Waals surface area (Å²) in [4.78, 5) is 22.8. The van der Waals surface area contributed by atoms with Gasteiger partial charge in [-0.25, -0.2) is 4.79 Å². The van der Waals surface area contributed by atoms with Gasteiger partial charge < -0.3 is 24.1 Å². The van der Waals surface area contributed by atoms with E-state index < -0.39 is 42.5 Å². The number of hydrogen-bond acceptors (Lipinski definition) is 7. The standard InChI is InChI=1S/C12H16O7/c1-4-3-6(17-5(2)13)7(14)8-9(18-8)10-11(19-10)12(15)16-4/h4,6-11,14H,3H2,1-2H3/t4-,6-,7-,8?,9?,10?,11?/m1/s1. The van der Waals surface area contributed by atoms with Crippen molar-refractivity contribution in [3.8, 4) is 0 Å². The van der Waals surface area contributed by atoms with Crippen molar-refractivity contribution in [3.05, 3.63) is 0 Å². The Hall–Kier alpha value is -1.18. The molecule has 0 spiro atoms. The van der Waals surface area contributed by atoms with Crippen molar-refractivity contribution in [2.45, 2.75) is 63.0 Å². The third kappa shape index (κ3) is 2.45. The smallest absolute Gasteiger partial charge is 0.338 e. The van der Waals surface area contributed by atoms with E-state index in [1.165, 1.54) is 6.92 Å². The van der Waals surface area contributed by atoms with E-state index in [9.17, 15) is 14.7 Å². The summed E-state index contributed by atoms with van der Waals surface area (Å²) < 4.78 is 20.8. The minimum absolute atomic E-state index is 0.233. The normalized spacial score (nSPS) is 48.4. The van der Waals surface area contributed by atoms with Crippen molar-refractivity contribution < 1.29 is 33.6 Å². The van der Waals surface area contributed by atoms with Crippen molar-refractivity contribution in [1.82, 2.24) is 0 Å². The highest BCUT2D eigenvalue weighted by Crippen LogP contribution is 2.42. The van der Waals surface area contributed by atoms with Crippen LogP contribution in [0.1, 0.15) is 20.3 Å². The van der Waals surface area contributed by atoms with Gasteiger partial charge in [-0.3, -0.25) is 4.79 Å². The van der Waals surface area contributed by atoms with Crippen molar-refractivity contribution in [3.63, 3.8) is 0 Å². The lowest BCUT2D eigenvalue weighted by Crippen LogP contribution is -2.40. The van der Waals surface area contributed by atoms with E-state index in [1.807, 2.05) is 0 Å². The van der Waals surface area contributed by atoms with Gasteiger partial charge in [0.15, 0.2) is 6.10 Å². The number of epoxide rings is 2. The monoisotopic (exact) mass is 272 g/mol. The molecule has 3 rings (SSSR count). The summed E-state index contributed by atoms with van der Waals surface area (Å²) in [5, 5.41) is 10.2. The van der Waals surface area contributed by atoms with Crippen molar-refractivity contribution >= 4 is 11.9 Å². The Bertz CT molecular complexity index is 409. The van der Waals surface area contributed by atoms with Crippen molar-refractivity contribution in [1.29, 1.82) is 0 Å². The van der Waals surface area contributed by atoms with Gasteiger partial charge in [0.1, 0.15) is 36.6 Å². The Balaban J connectivity index is 1.75. The molecule has 7 atom stereocenters. The Labute approximate surface area is 109 Å². The molecule has 3 heterocycles. The summed E-state index contributed by atoms with van der Waals surface area (Å²) in [6.45, 7) is 2.96. The first-order valence-electron chi connectivity index (χ1n) is 6.34. The first kappa shape index (κ1) is 12.8. The van der Waals surface area contributed by atoms with E-state index in [0.717, 1.165) is 0 Å². The zero-order valence-electron chi connectivity index (χ0n) is 10.6. The number of carbonyl (C=O) groups is 2. The maximum Gasteiger partial charge on any atom is 0.338 e. The first-order chi connectivity index (χ1) is 8.97. The van der Waals surface area contributed by atoms with Crippen LogP contribution in [0.25, 0.3) is 0 Å². The van der Waals surface area contributed by atoms with Gasteiger partial charge in [-0.15, -0.1) is 0 Å². The minimum atomic E-state index is -0.932. The van der Waals surface area contributed by atoms with Gasteiger partial charge in [0.25, 0.3) is 0 Å². The Morgan fingerprint density at radius 1 is 1.32 bits per heavy atom. The Morgan fingerprint density at radius 3 is 2.74 bits per heavy atom. The number of esters is 2. The molecule has 19 heavy (non-hydrogen) atoms. The molecule has 4 unspecified atom stereocenters. The van der Waals surface area contributed by atoms with Gasteiger partial charge in [0.05, 0.1) is 0 Å². The molecule has 0 aromatic carbocycles. The van der Waals surface area contributed by atoms with Crippen LogP contribution < -0.4 is 0 Å². The fourth-order valence-electron chi connectivity index (χ4n) is 2.56. The van der Waals surface area contributed by atoms with Crippen molar-refractivity contribution in [2.24, 2.45) is 0 Å². The average Bonchev–Trinajstić information content (AvgIpc) is 3.16. The molecule has 1 N–H and O–H groups in total. The van der Waals surface area contributed by atoms with Crippen LogP contribution in [0.3, 0.4) is 0 Å². The number of carbonyl (C=O) groups excluding carboxylic acids is 2. The second-order valence-corrected chi connectivity index (χ2v) is 5.21. The SMILES string of the molecule is CC(=O)O[C@@H]1C[C@@H](C)OC(=O)C2OC2C2OC2[C@@H]1O. The lowest BCUT2D eigenvalue weighted by molar-refractivity contribution is -0.160. The summed E-state index contributed by atoms with van der Waals surface area (Å²) in [6.07, 6.45) is -3.62. The zero-order chi connectivity index (χ0) is 13.7. The second-order valence-electron chi connectivity index (χ2n) is 5.21. The molecule has 3 aliphatic rings. The minimum Gasteiger partial charge on any atom is -0.461 e. The van der Waals surface area contributed by atoms with Crippen LogP contribution in [0.4, 0.5) is 0 Å². The first-order valence-corrected chi connectivity index (χ1v) is 6.34. The van der Waals surface area contributed by atoms with E-state index in [0.29, 0.717) is 0 Å². The number of rotatable bonds is 1. The summed E-state index contributed by atoms with van der Waals surface area (Å²) in [5.74, 6) is -0.915. The molecule has 7 heteroatoms. The van der Waals surface area contributed by atoms with Crippen LogP contribution in [-0.4, -0.2) is 59.8 Å². The number of cyclic esters (lactones) is 1. The van der Waals surface area contributed by atoms with E-state index in [1.54, 1.807) is 6.92 Å². The van der Waals surface area contributed by atoms with Gasteiger partial charge in [-0.05, 0) is 6.92 Å². The molecule has 0 bridgehead atoms. The predicted molar refractivity (Wildman–Crippen MR) is 59.1 cm³/mol. The molecule has 0 aromatic heterocycles. The number of aliphatic hydroxyl groups is 1. The summed E-state index contributed by atoms with van der Waals surface area (Å²) in [7, 11) is 0. The fourth-order valence-corrected chi connectivity index (χ4v) is 2.56. The van der Waals surface area contributed by atoms with Gasteiger partial charge in [-0.2, -0.15) is 0 Å². The van der Waals surface area contributed by atoms with Gasteiger partial charge in [0, 0.05) is 13.3 Å². The third-order valence-electron chi connectivity index (χ3n) is 3.56. The number of hydrogen-bond donors (Lipinski definition) is 1. The molecule has 0 radical (unpaired) electrons. The highest BCUT2D eigenvalue weighted by Gasteiger charge is 2.64. The fraction of sp³-hybridized carbons (Fsp3) is 0.833. The maximum atomic E-state index is 11.7. The van der Waals surface area contributed by atoms with E-state index >= 15 is 0 Å². The Morgan fingerprint density at radius 2 is 2.05 bits per heavy atom. The third-order valence-corrected chi connectivity index (χ3v) is 3.56. The van der Waals surface area contributed by atoms with Gasteiger partial charge in [-0.1, -0.05) is 0 Å². The van der Waals surface area contributed by atoms with Gasteiger partial charge >= 0.3 is 11.9 Å². The largest absolute Gasteiger partial charge is 0.461 e. The van der Waals surface area contributed by atoms with E-state index in [4.69, 9.17) is 18.9 Å². The molecule has 3 aliphatic heterocycles. The van der Waals surface area contributed by atoms with Gasteiger partial charge in [0.2, 0.25) is 0 Å². The highest BCUT2D eigenvalue weighted by molar-refractivity contribution is 5.78. The lowest BCUT2D eigenvalue weighted by atomic mass is 10.0. The van der Waals surface area contributed by atoms with Crippen LogP contribution in [0.2, 0.25) is 0 Å². The molecule has 0 amide bonds. The molecule has 7 nitrogen and oxygen atoms in total. The second kappa shape index (κ2) is 4.43. The van der Waals surface area contributed by atoms with Crippen LogP contribution in [0.5, 0.6) is 0 Å². The summed E-state index contributed by atoms with van der Waals surface area (Å²) in [6, 6.07) is 0. The van der Waals surface area contributed by atoms with E-state index in [2.05, 4.69) is 0 Å². The predicted octanol–water partition coefficient (Wildman–Crippen LogP) is -0.851. The topological polar surface area (TPSA) is 97.9 Å². The molecule has 106 valence electrons. The summed E-state index contributed by atoms with van der Waals surface area (Å²) >= 11 is 0. The van der Waals surface area contributed by atoms with Crippen LogP contribution in [-0.2, 0) is 28.5 Å². The number of aliphatic hydroxyl groups excluding tert-OH is 1. The molecule has 3 saturated heterocycles. The van der Waals surface area contributed by atoms with Crippen LogP contribution in [0.15, 0.2) is 0 Å². The molecule has 0 saturated carbocycles. The Kier molecular flexibility index (Phi) is 2.99. The van der Waals surface area contributed by atoms with Crippen LogP contribution >= 0.6 is 0 Å². The quantitative estimate of drug-likeness (QED) is 0.490. The molecule has 0 aliphatic carbocycles. The highest BCUT2D eigenvalue weighted by atomic mass is 16.7. The molecule has 0 aromatic rings. The molecular weight excluding hydrogens is 256 g/mol. The average molecular weight is 272 g/mol. The van der Waals surface area contributed by atoms with E-state index in [-0.39, 0.29) is 18.6 Å². The molecular formula is C12H16O7.